The SMILES string of the molecule is CCOC(=O)C(CC)(NCCN(C)C)C1CC1. The first-order valence-electron chi connectivity index (χ1n) is 6.63. The fourth-order valence-electron chi connectivity index (χ4n) is 2.28. The zero-order valence-electron chi connectivity index (χ0n) is 11.6. The van der Waals surface area contributed by atoms with E-state index in [9.17, 15) is 4.79 Å². The van der Waals surface area contributed by atoms with Gasteiger partial charge in [-0.3, -0.25) is 4.79 Å². The third-order valence-electron chi connectivity index (χ3n) is 3.47. The molecule has 0 radical (unpaired) electrons. The Hall–Kier alpha value is -0.610. The van der Waals surface area contributed by atoms with Crippen LogP contribution in [0.2, 0.25) is 0 Å². The van der Waals surface area contributed by atoms with Crippen molar-refractivity contribution < 1.29 is 9.53 Å². The Labute approximate surface area is 105 Å². The second kappa shape index (κ2) is 6.36. The van der Waals surface area contributed by atoms with Crippen LogP contribution in [-0.4, -0.2) is 50.2 Å². The number of carbonyl (C=O) groups is 1. The lowest BCUT2D eigenvalue weighted by atomic mass is 9.90. The van der Waals surface area contributed by atoms with Gasteiger partial charge >= 0.3 is 5.97 Å². The van der Waals surface area contributed by atoms with Crippen LogP contribution in [-0.2, 0) is 9.53 Å². The average molecular weight is 242 g/mol. The van der Waals surface area contributed by atoms with Crippen LogP contribution >= 0.6 is 0 Å². The molecule has 1 rings (SSSR count). The molecule has 0 spiro atoms. The van der Waals surface area contributed by atoms with Gasteiger partial charge in [0.25, 0.3) is 0 Å². The number of ether oxygens (including phenoxy) is 1. The van der Waals surface area contributed by atoms with Crippen LogP contribution in [0.1, 0.15) is 33.1 Å². The number of carbonyl (C=O) groups excluding carboxylic acids is 1. The van der Waals surface area contributed by atoms with Gasteiger partial charge in [0, 0.05) is 13.1 Å². The molecule has 0 heterocycles. The van der Waals surface area contributed by atoms with E-state index >= 15 is 0 Å². The number of likely N-dealkylation sites (N-methyl/N-ethyl adjacent to an activating group) is 1. The first-order valence-corrected chi connectivity index (χ1v) is 6.63. The summed E-state index contributed by atoms with van der Waals surface area (Å²) >= 11 is 0. The second-order valence-corrected chi connectivity index (χ2v) is 5.05. The predicted octanol–water partition coefficient (Wildman–Crippen LogP) is 1.26. The van der Waals surface area contributed by atoms with Gasteiger partial charge in [-0.25, -0.2) is 0 Å². The smallest absolute Gasteiger partial charge is 0.326 e. The number of nitrogens with one attached hydrogen (secondary N) is 1. The van der Waals surface area contributed by atoms with E-state index in [-0.39, 0.29) is 5.97 Å². The summed E-state index contributed by atoms with van der Waals surface area (Å²) in [6, 6.07) is 0. The molecule has 17 heavy (non-hydrogen) atoms. The van der Waals surface area contributed by atoms with Crippen molar-refractivity contribution in [3.8, 4) is 0 Å². The van der Waals surface area contributed by atoms with Crippen molar-refractivity contribution in [1.29, 1.82) is 0 Å². The summed E-state index contributed by atoms with van der Waals surface area (Å²) in [5.74, 6) is 0.400. The lowest BCUT2D eigenvalue weighted by molar-refractivity contribution is -0.152. The lowest BCUT2D eigenvalue weighted by Crippen LogP contribution is -2.55. The van der Waals surface area contributed by atoms with E-state index in [1.807, 2.05) is 21.0 Å². The number of rotatable bonds is 8. The minimum atomic E-state index is -0.438. The van der Waals surface area contributed by atoms with Crippen LogP contribution in [0.3, 0.4) is 0 Å². The Morgan fingerprint density at radius 2 is 2.06 bits per heavy atom. The summed E-state index contributed by atoms with van der Waals surface area (Å²) in [7, 11) is 4.08. The summed E-state index contributed by atoms with van der Waals surface area (Å²) < 4.78 is 5.24. The molecule has 1 aliphatic rings. The fraction of sp³-hybridized carbons (Fsp3) is 0.923. The number of esters is 1. The van der Waals surface area contributed by atoms with Gasteiger partial charge in [-0.15, -0.1) is 0 Å². The van der Waals surface area contributed by atoms with E-state index < -0.39 is 5.54 Å². The monoisotopic (exact) mass is 242 g/mol. The zero-order valence-corrected chi connectivity index (χ0v) is 11.6. The van der Waals surface area contributed by atoms with E-state index in [4.69, 9.17) is 4.74 Å². The van der Waals surface area contributed by atoms with Crippen molar-refractivity contribution in [3.05, 3.63) is 0 Å². The van der Waals surface area contributed by atoms with Crippen molar-refractivity contribution in [2.75, 3.05) is 33.8 Å². The van der Waals surface area contributed by atoms with Gasteiger partial charge in [-0.05, 0) is 46.2 Å². The normalized spacial score (nSPS) is 19.1. The van der Waals surface area contributed by atoms with E-state index in [2.05, 4.69) is 17.1 Å². The van der Waals surface area contributed by atoms with Crippen molar-refractivity contribution >= 4 is 5.97 Å². The van der Waals surface area contributed by atoms with Gasteiger partial charge in [0.2, 0.25) is 0 Å². The second-order valence-electron chi connectivity index (χ2n) is 5.05. The Bertz CT molecular complexity index is 252. The first kappa shape index (κ1) is 14.5. The highest BCUT2D eigenvalue weighted by atomic mass is 16.5. The quantitative estimate of drug-likeness (QED) is 0.651. The van der Waals surface area contributed by atoms with Crippen LogP contribution < -0.4 is 5.32 Å². The number of hydrogen-bond acceptors (Lipinski definition) is 4. The molecular formula is C13H26N2O2. The molecule has 0 aliphatic heterocycles. The van der Waals surface area contributed by atoms with Gasteiger partial charge in [-0.1, -0.05) is 6.92 Å². The van der Waals surface area contributed by atoms with Crippen molar-refractivity contribution in [1.82, 2.24) is 10.2 Å². The van der Waals surface area contributed by atoms with Crippen LogP contribution in [0.15, 0.2) is 0 Å². The number of hydrogen-bond donors (Lipinski definition) is 1. The maximum absolute atomic E-state index is 12.2. The van der Waals surface area contributed by atoms with Crippen molar-refractivity contribution in [2.45, 2.75) is 38.6 Å². The van der Waals surface area contributed by atoms with Crippen LogP contribution in [0.4, 0.5) is 0 Å². The summed E-state index contributed by atoms with van der Waals surface area (Å²) in [5.41, 5.74) is -0.438. The summed E-state index contributed by atoms with van der Waals surface area (Å²) in [6.45, 7) is 6.16. The van der Waals surface area contributed by atoms with Crippen molar-refractivity contribution in [3.63, 3.8) is 0 Å². The molecule has 1 aliphatic carbocycles. The van der Waals surface area contributed by atoms with E-state index in [1.165, 1.54) is 0 Å². The highest BCUT2D eigenvalue weighted by molar-refractivity contribution is 5.81. The maximum atomic E-state index is 12.2. The minimum Gasteiger partial charge on any atom is -0.465 e. The molecule has 1 atom stereocenters. The Morgan fingerprint density at radius 3 is 2.47 bits per heavy atom. The molecule has 1 fully saturated rings. The molecule has 4 heteroatoms. The molecule has 100 valence electrons. The van der Waals surface area contributed by atoms with Gasteiger partial charge in [-0.2, -0.15) is 0 Å². The van der Waals surface area contributed by atoms with Gasteiger partial charge < -0.3 is 15.0 Å². The summed E-state index contributed by atoms with van der Waals surface area (Å²) in [5, 5.41) is 3.44. The molecular weight excluding hydrogens is 216 g/mol. The number of nitrogens with zero attached hydrogens (tertiary/aromatic N) is 1. The highest BCUT2D eigenvalue weighted by Gasteiger charge is 2.50. The molecule has 1 saturated carbocycles. The maximum Gasteiger partial charge on any atom is 0.326 e. The zero-order chi connectivity index (χ0) is 12.9. The van der Waals surface area contributed by atoms with E-state index in [1.54, 1.807) is 0 Å². The van der Waals surface area contributed by atoms with E-state index in [0.717, 1.165) is 32.4 Å². The molecule has 1 N–H and O–H groups in total. The van der Waals surface area contributed by atoms with Crippen LogP contribution in [0.25, 0.3) is 0 Å². The molecule has 0 amide bonds. The molecule has 1 unspecified atom stereocenters. The van der Waals surface area contributed by atoms with Crippen LogP contribution in [0.5, 0.6) is 0 Å². The molecule has 0 bridgehead atoms. The van der Waals surface area contributed by atoms with Crippen LogP contribution in [0, 0.1) is 5.92 Å². The third kappa shape index (κ3) is 3.68. The largest absolute Gasteiger partial charge is 0.465 e. The lowest BCUT2D eigenvalue weighted by Gasteiger charge is -2.32. The van der Waals surface area contributed by atoms with Gasteiger partial charge in [0.05, 0.1) is 6.61 Å². The molecule has 0 saturated heterocycles. The molecule has 4 nitrogen and oxygen atoms in total. The Balaban J connectivity index is 2.60. The topological polar surface area (TPSA) is 41.6 Å². The van der Waals surface area contributed by atoms with Gasteiger partial charge in [0.1, 0.15) is 5.54 Å². The predicted molar refractivity (Wildman–Crippen MR) is 68.9 cm³/mol. The highest BCUT2D eigenvalue weighted by Crippen LogP contribution is 2.42. The Kier molecular flexibility index (Phi) is 5.40. The standard InChI is InChI=1S/C13H26N2O2/c1-5-13(11-7-8-11,12(16)17-6-2)14-9-10-15(3)4/h11,14H,5-10H2,1-4H3. The van der Waals surface area contributed by atoms with Gasteiger partial charge in [0.15, 0.2) is 0 Å². The minimum absolute atomic E-state index is 0.0660. The summed E-state index contributed by atoms with van der Waals surface area (Å²) in [4.78, 5) is 14.3. The first-order chi connectivity index (χ1) is 8.06. The molecule has 0 aromatic heterocycles. The average Bonchev–Trinajstić information content (AvgIpc) is 3.08. The third-order valence-corrected chi connectivity index (χ3v) is 3.47. The van der Waals surface area contributed by atoms with E-state index in [0.29, 0.717) is 12.5 Å². The van der Waals surface area contributed by atoms with Crippen molar-refractivity contribution in [2.24, 2.45) is 5.92 Å². The summed E-state index contributed by atoms with van der Waals surface area (Å²) in [6.07, 6.45) is 3.09. The Morgan fingerprint density at radius 1 is 1.41 bits per heavy atom. The fourth-order valence-corrected chi connectivity index (χ4v) is 2.28. The molecule has 0 aromatic rings. The molecule has 0 aromatic carbocycles.